The first-order valence-corrected chi connectivity index (χ1v) is 8.37. The lowest BCUT2D eigenvalue weighted by molar-refractivity contribution is 0.105. The highest BCUT2D eigenvalue weighted by Gasteiger charge is 2.36. The number of hydrogen-bond donors (Lipinski definition) is 1. The Morgan fingerprint density at radius 3 is 2.16 bits per heavy atom. The maximum absolute atomic E-state index is 6.27. The molecule has 0 radical (unpaired) electrons. The third-order valence-electron chi connectivity index (χ3n) is 5.27. The second-order valence-electron chi connectivity index (χ2n) is 8.36. The molecule has 1 spiro atoms. The van der Waals surface area contributed by atoms with Crippen molar-refractivity contribution in [2.75, 3.05) is 19.6 Å². The smallest absolute Gasteiger partial charge is 0.00559 e. The van der Waals surface area contributed by atoms with Crippen LogP contribution in [0.15, 0.2) is 0 Å². The van der Waals surface area contributed by atoms with E-state index in [-0.39, 0.29) is 0 Å². The maximum Gasteiger partial charge on any atom is 0.00559 e. The number of nitrogens with zero attached hydrogens (tertiary/aromatic N) is 1. The van der Waals surface area contributed by atoms with Gasteiger partial charge in [0.2, 0.25) is 0 Å². The summed E-state index contributed by atoms with van der Waals surface area (Å²) in [7, 11) is 0. The van der Waals surface area contributed by atoms with Crippen LogP contribution in [0.4, 0.5) is 0 Å². The average molecular weight is 266 g/mol. The molecule has 2 aliphatic rings. The van der Waals surface area contributed by atoms with E-state index in [1.165, 1.54) is 64.6 Å². The van der Waals surface area contributed by atoms with Gasteiger partial charge in [0.05, 0.1) is 0 Å². The number of piperidine rings is 1. The molecule has 2 heteroatoms. The van der Waals surface area contributed by atoms with Crippen LogP contribution in [0.25, 0.3) is 0 Å². The highest BCUT2D eigenvalue weighted by atomic mass is 15.1. The van der Waals surface area contributed by atoms with E-state index >= 15 is 0 Å². The third kappa shape index (κ3) is 4.75. The van der Waals surface area contributed by atoms with Crippen molar-refractivity contribution in [2.24, 2.45) is 16.6 Å². The summed E-state index contributed by atoms with van der Waals surface area (Å²) in [5.41, 5.74) is 7.39. The van der Waals surface area contributed by atoms with Crippen LogP contribution in [0.1, 0.15) is 72.1 Å². The molecule has 2 N–H and O–H groups in total. The normalized spacial score (nSPS) is 25.9. The van der Waals surface area contributed by atoms with Crippen molar-refractivity contribution >= 4 is 0 Å². The molecule has 0 bridgehead atoms. The van der Waals surface area contributed by atoms with Crippen molar-refractivity contribution in [3.8, 4) is 0 Å². The molecule has 1 heterocycles. The van der Waals surface area contributed by atoms with E-state index in [9.17, 15) is 0 Å². The molecule has 2 fully saturated rings. The van der Waals surface area contributed by atoms with Crippen LogP contribution in [0.3, 0.4) is 0 Å². The number of nitrogens with two attached hydrogens (primary N) is 1. The minimum absolute atomic E-state index is 0.370. The molecule has 112 valence electrons. The Labute approximate surface area is 120 Å². The summed E-state index contributed by atoms with van der Waals surface area (Å²) in [6.45, 7) is 10.7. The van der Waals surface area contributed by atoms with E-state index in [4.69, 9.17) is 5.73 Å². The van der Waals surface area contributed by atoms with E-state index < -0.39 is 0 Å². The van der Waals surface area contributed by atoms with Gasteiger partial charge in [0.15, 0.2) is 0 Å². The highest BCUT2D eigenvalue weighted by Crippen LogP contribution is 2.46. The van der Waals surface area contributed by atoms with E-state index in [0.29, 0.717) is 11.5 Å². The van der Waals surface area contributed by atoms with Crippen LogP contribution in [0, 0.1) is 10.8 Å². The Morgan fingerprint density at radius 1 is 1.05 bits per heavy atom. The largest absolute Gasteiger partial charge is 0.328 e. The lowest BCUT2D eigenvalue weighted by Crippen LogP contribution is -2.41. The van der Waals surface area contributed by atoms with E-state index in [2.05, 4.69) is 25.7 Å². The van der Waals surface area contributed by atoms with E-state index in [1.807, 2.05) is 0 Å². The lowest BCUT2D eigenvalue weighted by Gasteiger charge is -2.39. The van der Waals surface area contributed by atoms with Crippen LogP contribution < -0.4 is 5.73 Å². The molecular formula is C17H34N2. The summed E-state index contributed by atoms with van der Waals surface area (Å²) in [5, 5.41) is 0. The molecule has 0 aromatic carbocycles. The number of hydrogen-bond acceptors (Lipinski definition) is 2. The molecule has 1 aliphatic carbocycles. The van der Waals surface area contributed by atoms with Gasteiger partial charge in [0.1, 0.15) is 0 Å². The van der Waals surface area contributed by atoms with Gasteiger partial charge in [-0.2, -0.15) is 0 Å². The third-order valence-corrected chi connectivity index (χ3v) is 5.27. The van der Waals surface area contributed by atoms with Crippen LogP contribution in [-0.4, -0.2) is 30.6 Å². The molecule has 2 nitrogen and oxygen atoms in total. The van der Waals surface area contributed by atoms with Gasteiger partial charge in [0, 0.05) is 6.04 Å². The minimum atomic E-state index is 0.370. The molecule has 19 heavy (non-hydrogen) atoms. The summed E-state index contributed by atoms with van der Waals surface area (Å²) in [6.07, 6.45) is 11.2. The van der Waals surface area contributed by atoms with Crippen LogP contribution >= 0.6 is 0 Å². The zero-order valence-electron chi connectivity index (χ0n) is 13.4. The quantitative estimate of drug-likeness (QED) is 0.838. The fourth-order valence-electron chi connectivity index (χ4n) is 4.11. The van der Waals surface area contributed by atoms with Gasteiger partial charge in [0.25, 0.3) is 0 Å². The summed E-state index contributed by atoms with van der Waals surface area (Å²) in [4.78, 5) is 2.66. The summed E-state index contributed by atoms with van der Waals surface area (Å²) >= 11 is 0. The molecule has 1 aliphatic heterocycles. The molecule has 1 saturated heterocycles. The standard InChI is InChI=1S/C17H34N2/c1-16(2,3)14-15(18)6-11-19-12-9-17(10-13-19)7-4-5-8-17/h15H,4-14,18H2,1-3H3. The fourth-order valence-corrected chi connectivity index (χ4v) is 4.11. The van der Waals surface area contributed by atoms with Gasteiger partial charge in [-0.3, -0.25) is 0 Å². The van der Waals surface area contributed by atoms with Gasteiger partial charge in [-0.25, -0.2) is 0 Å². The lowest BCUT2D eigenvalue weighted by atomic mass is 9.77. The number of likely N-dealkylation sites (tertiary alicyclic amines) is 1. The average Bonchev–Trinajstić information content (AvgIpc) is 2.75. The Morgan fingerprint density at radius 2 is 1.63 bits per heavy atom. The van der Waals surface area contributed by atoms with Gasteiger partial charge in [-0.15, -0.1) is 0 Å². The second-order valence-corrected chi connectivity index (χ2v) is 8.36. The number of rotatable bonds is 4. The van der Waals surface area contributed by atoms with Crippen LogP contribution in [-0.2, 0) is 0 Å². The second kappa shape index (κ2) is 6.13. The SMILES string of the molecule is CC(C)(C)CC(N)CCN1CCC2(CCCC2)CC1. The first-order valence-electron chi connectivity index (χ1n) is 8.37. The van der Waals surface area contributed by atoms with E-state index in [0.717, 1.165) is 11.8 Å². The summed E-state index contributed by atoms with van der Waals surface area (Å²) in [5.74, 6) is 0. The molecule has 2 rings (SSSR count). The van der Waals surface area contributed by atoms with Gasteiger partial charge < -0.3 is 10.6 Å². The van der Waals surface area contributed by atoms with Gasteiger partial charge in [-0.1, -0.05) is 33.6 Å². The maximum atomic E-state index is 6.27. The fraction of sp³-hybridized carbons (Fsp3) is 1.00. The minimum Gasteiger partial charge on any atom is -0.328 e. The summed E-state index contributed by atoms with van der Waals surface area (Å²) < 4.78 is 0. The van der Waals surface area contributed by atoms with Crippen LogP contribution in [0.5, 0.6) is 0 Å². The molecular weight excluding hydrogens is 232 g/mol. The predicted molar refractivity (Wildman–Crippen MR) is 83.2 cm³/mol. The topological polar surface area (TPSA) is 29.3 Å². The predicted octanol–water partition coefficient (Wildman–Crippen LogP) is 3.80. The van der Waals surface area contributed by atoms with Crippen LogP contribution in [0.2, 0.25) is 0 Å². The highest BCUT2D eigenvalue weighted by molar-refractivity contribution is 4.89. The first kappa shape index (κ1) is 15.3. The Balaban J connectivity index is 1.65. The Bertz CT molecular complexity index is 263. The Hall–Kier alpha value is -0.0800. The van der Waals surface area contributed by atoms with Crippen molar-refractivity contribution < 1.29 is 0 Å². The van der Waals surface area contributed by atoms with Crippen molar-refractivity contribution in [1.29, 1.82) is 0 Å². The van der Waals surface area contributed by atoms with Gasteiger partial charge in [-0.05, 0) is 69.0 Å². The molecule has 1 saturated carbocycles. The zero-order valence-corrected chi connectivity index (χ0v) is 13.4. The molecule has 1 atom stereocenters. The van der Waals surface area contributed by atoms with Crippen molar-refractivity contribution in [2.45, 2.75) is 78.2 Å². The molecule has 0 aromatic rings. The first-order chi connectivity index (χ1) is 8.89. The van der Waals surface area contributed by atoms with Gasteiger partial charge >= 0.3 is 0 Å². The molecule has 1 unspecified atom stereocenters. The monoisotopic (exact) mass is 266 g/mol. The zero-order chi connectivity index (χ0) is 13.9. The Kier molecular flexibility index (Phi) is 4.94. The van der Waals surface area contributed by atoms with E-state index in [1.54, 1.807) is 0 Å². The van der Waals surface area contributed by atoms with Crippen molar-refractivity contribution in [3.63, 3.8) is 0 Å². The van der Waals surface area contributed by atoms with Crippen molar-refractivity contribution in [1.82, 2.24) is 4.90 Å². The van der Waals surface area contributed by atoms with Crippen molar-refractivity contribution in [3.05, 3.63) is 0 Å². The molecule has 0 aromatic heterocycles. The molecule has 0 amide bonds. The summed E-state index contributed by atoms with van der Waals surface area (Å²) in [6, 6.07) is 0.377.